The van der Waals surface area contributed by atoms with Gasteiger partial charge < -0.3 is 14.9 Å². The van der Waals surface area contributed by atoms with E-state index >= 15 is 0 Å². The molecule has 1 aromatic heterocycles. The summed E-state index contributed by atoms with van der Waals surface area (Å²) in [5.41, 5.74) is 1.85. The average Bonchev–Trinajstić information content (AvgIpc) is 2.63. The summed E-state index contributed by atoms with van der Waals surface area (Å²) >= 11 is 8.70. The second-order valence-corrected chi connectivity index (χ2v) is 5.33. The predicted octanol–water partition coefficient (Wildman–Crippen LogP) is 3.16. The molecule has 6 heteroatoms. The van der Waals surface area contributed by atoms with Gasteiger partial charge in [-0.25, -0.2) is 0 Å². The molecule has 1 amide bonds. The number of hydrogen-bond donors (Lipinski definition) is 2. The highest BCUT2D eigenvalue weighted by Gasteiger charge is 2.17. The van der Waals surface area contributed by atoms with Gasteiger partial charge in [0.15, 0.2) is 4.77 Å². The molecule has 1 aromatic carbocycles. The molecular formula is C12H14BrN3OS. The number of benzene rings is 1. The van der Waals surface area contributed by atoms with E-state index in [1.807, 2.05) is 36.6 Å². The molecule has 0 bridgehead atoms. The molecule has 2 aromatic rings. The van der Waals surface area contributed by atoms with Crippen LogP contribution >= 0.6 is 28.1 Å². The second kappa shape index (κ2) is 5.24. The van der Waals surface area contributed by atoms with E-state index in [1.165, 1.54) is 0 Å². The lowest BCUT2D eigenvalue weighted by Gasteiger charge is -2.13. The van der Waals surface area contributed by atoms with E-state index < -0.39 is 0 Å². The Morgan fingerprint density at radius 3 is 3.00 bits per heavy atom. The maximum atomic E-state index is 11.9. The number of imidazole rings is 1. The van der Waals surface area contributed by atoms with Gasteiger partial charge in [0.25, 0.3) is 0 Å². The first-order chi connectivity index (χ1) is 8.54. The molecule has 0 fully saturated rings. The molecule has 4 nitrogen and oxygen atoms in total. The first-order valence-electron chi connectivity index (χ1n) is 5.72. The van der Waals surface area contributed by atoms with Crippen molar-refractivity contribution in [3.8, 4) is 0 Å². The van der Waals surface area contributed by atoms with Gasteiger partial charge in [-0.2, -0.15) is 0 Å². The third-order valence-electron chi connectivity index (χ3n) is 2.80. The van der Waals surface area contributed by atoms with Crippen LogP contribution in [0.5, 0.6) is 0 Å². The lowest BCUT2D eigenvalue weighted by Crippen LogP contribution is -2.30. The first-order valence-corrected chi connectivity index (χ1v) is 6.92. The number of likely N-dealkylation sites (N-methyl/N-ethyl adjacent to an activating group) is 1. The summed E-state index contributed by atoms with van der Waals surface area (Å²) in [6.45, 7) is 4.36. The van der Waals surface area contributed by atoms with Crippen LogP contribution in [-0.4, -0.2) is 22.0 Å². The summed E-state index contributed by atoms with van der Waals surface area (Å²) in [6.07, 6.45) is 0. The minimum Gasteiger partial charge on any atom is -0.355 e. The van der Waals surface area contributed by atoms with E-state index in [9.17, 15) is 4.79 Å². The lowest BCUT2D eigenvalue weighted by atomic mass is 10.2. The summed E-state index contributed by atoms with van der Waals surface area (Å²) in [4.78, 5) is 15.0. The molecule has 2 N–H and O–H groups in total. The van der Waals surface area contributed by atoms with Crippen molar-refractivity contribution in [1.29, 1.82) is 0 Å². The summed E-state index contributed by atoms with van der Waals surface area (Å²) in [5, 5.41) is 2.81. The molecular weight excluding hydrogens is 314 g/mol. The number of halogens is 1. The van der Waals surface area contributed by atoms with Crippen LogP contribution in [0.15, 0.2) is 22.7 Å². The van der Waals surface area contributed by atoms with Crippen molar-refractivity contribution >= 4 is 45.1 Å². The first kappa shape index (κ1) is 13.3. The number of carbonyl (C=O) groups excluding carboxylic acids is 1. The van der Waals surface area contributed by atoms with Gasteiger partial charge in [-0.05, 0) is 44.3 Å². The van der Waals surface area contributed by atoms with Gasteiger partial charge in [0.1, 0.15) is 6.04 Å². The molecule has 0 aliphatic carbocycles. The Balaban J connectivity index is 2.54. The number of fused-ring (bicyclic) bond motifs is 1. The Kier molecular flexibility index (Phi) is 3.87. The Bertz CT molecular complexity index is 646. The Labute approximate surface area is 119 Å². The van der Waals surface area contributed by atoms with Crippen LogP contribution in [0.3, 0.4) is 0 Å². The molecule has 0 aliphatic rings. The number of aromatic amines is 1. The summed E-state index contributed by atoms with van der Waals surface area (Å²) in [7, 11) is 0. The summed E-state index contributed by atoms with van der Waals surface area (Å²) in [6, 6.07) is 5.51. The Hall–Kier alpha value is -1.14. The maximum absolute atomic E-state index is 11.9. The fraction of sp³-hybridized carbons (Fsp3) is 0.333. The molecule has 0 spiro atoms. The Morgan fingerprint density at radius 2 is 2.33 bits per heavy atom. The topological polar surface area (TPSA) is 49.8 Å². The highest BCUT2D eigenvalue weighted by Crippen LogP contribution is 2.22. The number of aromatic nitrogens is 2. The van der Waals surface area contributed by atoms with E-state index in [-0.39, 0.29) is 11.9 Å². The smallest absolute Gasteiger partial charge is 0.242 e. The molecule has 1 heterocycles. The largest absolute Gasteiger partial charge is 0.355 e. The number of amides is 1. The summed E-state index contributed by atoms with van der Waals surface area (Å²) < 4.78 is 3.37. The molecule has 1 unspecified atom stereocenters. The van der Waals surface area contributed by atoms with Gasteiger partial charge in [0, 0.05) is 11.0 Å². The van der Waals surface area contributed by atoms with Crippen molar-refractivity contribution < 1.29 is 4.79 Å². The van der Waals surface area contributed by atoms with Gasteiger partial charge in [0.05, 0.1) is 11.0 Å². The van der Waals surface area contributed by atoms with E-state index in [0.29, 0.717) is 11.3 Å². The second-order valence-electron chi connectivity index (χ2n) is 4.03. The predicted molar refractivity (Wildman–Crippen MR) is 78.2 cm³/mol. The van der Waals surface area contributed by atoms with E-state index in [1.54, 1.807) is 0 Å². The van der Waals surface area contributed by atoms with Crippen LogP contribution in [0.4, 0.5) is 0 Å². The number of nitrogens with zero attached hydrogens (tertiary/aromatic N) is 1. The standard InChI is InChI=1S/C12H14BrN3OS/c1-3-14-11(17)7(2)16-10-5-4-8(13)6-9(10)15-12(16)18/h4-7H,3H2,1-2H3,(H,14,17)(H,15,18). The minimum absolute atomic E-state index is 0.0302. The third-order valence-corrected chi connectivity index (χ3v) is 3.59. The van der Waals surface area contributed by atoms with Crippen molar-refractivity contribution in [2.75, 3.05) is 6.54 Å². The third kappa shape index (κ3) is 2.35. The summed E-state index contributed by atoms with van der Waals surface area (Å²) in [5.74, 6) is -0.0302. The molecule has 0 saturated carbocycles. The van der Waals surface area contributed by atoms with Crippen LogP contribution in [0.2, 0.25) is 0 Å². The van der Waals surface area contributed by atoms with Gasteiger partial charge in [-0.15, -0.1) is 0 Å². The Morgan fingerprint density at radius 1 is 1.61 bits per heavy atom. The monoisotopic (exact) mass is 327 g/mol. The van der Waals surface area contributed by atoms with Crippen molar-refractivity contribution in [3.05, 3.63) is 27.4 Å². The van der Waals surface area contributed by atoms with E-state index in [0.717, 1.165) is 15.5 Å². The average molecular weight is 328 g/mol. The van der Waals surface area contributed by atoms with Gasteiger partial charge in [-0.1, -0.05) is 15.9 Å². The van der Waals surface area contributed by atoms with Crippen molar-refractivity contribution in [2.24, 2.45) is 0 Å². The van der Waals surface area contributed by atoms with Crippen molar-refractivity contribution in [2.45, 2.75) is 19.9 Å². The van der Waals surface area contributed by atoms with Crippen molar-refractivity contribution in [3.63, 3.8) is 0 Å². The molecule has 1 atom stereocenters. The zero-order valence-corrected chi connectivity index (χ0v) is 12.6. The maximum Gasteiger partial charge on any atom is 0.242 e. The molecule has 2 rings (SSSR count). The fourth-order valence-electron chi connectivity index (χ4n) is 1.93. The van der Waals surface area contributed by atoms with Gasteiger partial charge >= 0.3 is 0 Å². The van der Waals surface area contributed by atoms with Gasteiger partial charge in [0.2, 0.25) is 5.91 Å². The molecule has 0 saturated heterocycles. The quantitative estimate of drug-likeness (QED) is 0.851. The molecule has 0 aliphatic heterocycles. The number of nitrogens with one attached hydrogen (secondary N) is 2. The van der Waals surface area contributed by atoms with Gasteiger partial charge in [-0.3, -0.25) is 4.79 Å². The SMILES string of the molecule is CCNC(=O)C(C)n1c(=S)[nH]c2cc(Br)ccc21. The van der Waals surface area contributed by atoms with E-state index in [2.05, 4.69) is 26.2 Å². The minimum atomic E-state index is -0.327. The number of rotatable bonds is 3. The van der Waals surface area contributed by atoms with Crippen LogP contribution in [-0.2, 0) is 4.79 Å². The number of H-pyrrole nitrogens is 1. The normalized spacial score (nSPS) is 12.6. The van der Waals surface area contributed by atoms with Crippen molar-refractivity contribution in [1.82, 2.24) is 14.9 Å². The number of carbonyl (C=O) groups is 1. The zero-order valence-electron chi connectivity index (χ0n) is 10.2. The van der Waals surface area contributed by atoms with Crippen LogP contribution < -0.4 is 5.32 Å². The molecule has 0 radical (unpaired) electrons. The molecule has 96 valence electrons. The highest BCUT2D eigenvalue weighted by molar-refractivity contribution is 9.10. The lowest BCUT2D eigenvalue weighted by molar-refractivity contribution is -0.123. The number of hydrogen-bond acceptors (Lipinski definition) is 2. The van der Waals surface area contributed by atoms with Crippen LogP contribution in [0, 0.1) is 4.77 Å². The highest BCUT2D eigenvalue weighted by atomic mass is 79.9. The van der Waals surface area contributed by atoms with Crippen LogP contribution in [0.1, 0.15) is 19.9 Å². The van der Waals surface area contributed by atoms with Crippen LogP contribution in [0.25, 0.3) is 11.0 Å². The fourth-order valence-corrected chi connectivity index (χ4v) is 2.65. The molecule has 18 heavy (non-hydrogen) atoms. The zero-order chi connectivity index (χ0) is 13.3. The van der Waals surface area contributed by atoms with E-state index in [4.69, 9.17) is 12.2 Å².